The van der Waals surface area contributed by atoms with E-state index in [9.17, 15) is 10.2 Å². The molecule has 3 nitrogen and oxygen atoms in total. The smallest absolute Gasteiger partial charge is 0.115 e. The summed E-state index contributed by atoms with van der Waals surface area (Å²) in [6, 6.07) is 9.94. The lowest BCUT2D eigenvalue weighted by Crippen LogP contribution is -2.44. The summed E-state index contributed by atoms with van der Waals surface area (Å²) in [4.78, 5) is 4.21. The van der Waals surface area contributed by atoms with Gasteiger partial charge in [0.1, 0.15) is 5.75 Å². The third-order valence-electron chi connectivity index (χ3n) is 7.62. The van der Waals surface area contributed by atoms with Gasteiger partial charge < -0.3 is 10.2 Å². The van der Waals surface area contributed by atoms with Crippen LogP contribution in [0.4, 0.5) is 0 Å². The Labute approximate surface area is 160 Å². The first-order chi connectivity index (χ1) is 13.1. The van der Waals surface area contributed by atoms with E-state index >= 15 is 0 Å². The number of benzene rings is 1. The van der Waals surface area contributed by atoms with E-state index < -0.39 is 0 Å². The van der Waals surface area contributed by atoms with Crippen molar-refractivity contribution < 1.29 is 10.2 Å². The van der Waals surface area contributed by atoms with Crippen molar-refractivity contribution in [3.8, 4) is 5.75 Å². The molecule has 0 bridgehead atoms. The van der Waals surface area contributed by atoms with Crippen molar-refractivity contribution in [1.82, 2.24) is 4.98 Å². The summed E-state index contributed by atoms with van der Waals surface area (Å²) in [5, 5.41) is 21.0. The average Bonchev–Trinajstić information content (AvgIpc) is 2.93. The molecule has 140 valence electrons. The summed E-state index contributed by atoms with van der Waals surface area (Å²) in [7, 11) is 0. The number of aliphatic hydroxyl groups excluding tert-OH is 1. The number of aromatic hydroxyl groups is 1. The quantitative estimate of drug-likeness (QED) is 0.774. The molecule has 5 atom stereocenters. The van der Waals surface area contributed by atoms with Crippen LogP contribution >= 0.6 is 0 Å². The second kappa shape index (κ2) is 6.20. The highest BCUT2D eigenvalue weighted by molar-refractivity contribution is 5.54. The molecule has 2 aromatic rings. The van der Waals surface area contributed by atoms with E-state index in [1.165, 1.54) is 16.7 Å². The predicted octanol–water partition coefficient (Wildman–Crippen LogP) is 4.70. The lowest BCUT2D eigenvalue weighted by molar-refractivity contribution is -0.0158. The zero-order chi connectivity index (χ0) is 18.6. The number of rotatable bonds is 1. The lowest BCUT2D eigenvalue weighted by atomic mass is 9.55. The third kappa shape index (κ3) is 2.63. The van der Waals surface area contributed by atoms with E-state index in [1.807, 2.05) is 24.4 Å². The van der Waals surface area contributed by atoms with Gasteiger partial charge in [-0.3, -0.25) is 4.98 Å². The monoisotopic (exact) mass is 361 g/mol. The number of aryl methyl sites for hydroxylation is 1. The molecule has 2 fully saturated rings. The Morgan fingerprint density at radius 2 is 2.11 bits per heavy atom. The molecule has 3 aliphatic carbocycles. The molecule has 27 heavy (non-hydrogen) atoms. The number of phenolic OH excluding ortho intramolecular Hbond substituents is 1. The number of fused-ring (bicyclic) bond motifs is 5. The highest BCUT2D eigenvalue weighted by atomic mass is 16.3. The van der Waals surface area contributed by atoms with Crippen LogP contribution in [0, 0.1) is 17.3 Å². The average molecular weight is 361 g/mol. The molecule has 3 aliphatic rings. The van der Waals surface area contributed by atoms with Crippen LogP contribution in [-0.4, -0.2) is 21.3 Å². The van der Waals surface area contributed by atoms with Crippen LogP contribution in [0.2, 0.25) is 0 Å². The fourth-order valence-corrected chi connectivity index (χ4v) is 6.24. The standard InChI is InChI=1S/C24H27NO2/c1-24-9-8-20-19-7-5-18(26)12-16(19)4-6-21(20)22(24)13-17(23(24)27)11-15-3-2-10-25-14-15/h2-3,5,7,10-12,14,20-23,26-27H,4,6,8-9,13H2,1H3/t20?,21?,22?,23-,24-/m0/s1. The second-order valence-electron chi connectivity index (χ2n) is 8.96. The summed E-state index contributed by atoms with van der Waals surface area (Å²) in [6.07, 6.45) is 10.8. The first-order valence-electron chi connectivity index (χ1n) is 10.2. The van der Waals surface area contributed by atoms with Gasteiger partial charge in [0.2, 0.25) is 0 Å². The maximum atomic E-state index is 11.2. The van der Waals surface area contributed by atoms with Gasteiger partial charge in [0.15, 0.2) is 0 Å². The van der Waals surface area contributed by atoms with Crippen LogP contribution in [-0.2, 0) is 6.42 Å². The molecule has 3 unspecified atom stereocenters. The molecule has 2 N–H and O–H groups in total. The van der Waals surface area contributed by atoms with Gasteiger partial charge in [-0.2, -0.15) is 0 Å². The predicted molar refractivity (Wildman–Crippen MR) is 106 cm³/mol. The SMILES string of the molecule is C[C@]12CCC3c4ccc(O)cc4CCC3C1CC(=Cc1cccnc1)[C@@H]2O. The highest BCUT2D eigenvalue weighted by Crippen LogP contribution is 2.62. The van der Waals surface area contributed by atoms with E-state index in [2.05, 4.69) is 30.1 Å². The topological polar surface area (TPSA) is 53.4 Å². The normalized spacial score (nSPS) is 36.1. The maximum Gasteiger partial charge on any atom is 0.115 e. The number of pyridine rings is 1. The Kier molecular flexibility index (Phi) is 3.90. The Hall–Kier alpha value is -2.13. The van der Waals surface area contributed by atoms with Gasteiger partial charge in [0.25, 0.3) is 0 Å². The van der Waals surface area contributed by atoms with Gasteiger partial charge in [0, 0.05) is 17.8 Å². The molecular formula is C24H27NO2. The fraction of sp³-hybridized carbons (Fsp3) is 0.458. The van der Waals surface area contributed by atoms with Gasteiger partial charge in [0.05, 0.1) is 6.10 Å². The van der Waals surface area contributed by atoms with Crippen molar-refractivity contribution >= 4 is 6.08 Å². The molecule has 0 aliphatic heterocycles. The maximum absolute atomic E-state index is 11.2. The first-order valence-corrected chi connectivity index (χ1v) is 10.2. The minimum absolute atomic E-state index is 0.0242. The fourth-order valence-electron chi connectivity index (χ4n) is 6.24. The molecule has 3 heteroatoms. The van der Waals surface area contributed by atoms with Gasteiger partial charge in [-0.25, -0.2) is 0 Å². The van der Waals surface area contributed by atoms with Gasteiger partial charge in [-0.1, -0.05) is 25.1 Å². The van der Waals surface area contributed by atoms with Gasteiger partial charge in [-0.05, 0) is 90.3 Å². The van der Waals surface area contributed by atoms with Crippen LogP contribution in [0.15, 0.2) is 48.3 Å². The molecule has 1 aromatic carbocycles. The van der Waals surface area contributed by atoms with E-state index in [0.717, 1.165) is 37.7 Å². The second-order valence-corrected chi connectivity index (χ2v) is 8.96. The van der Waals surface area contributed by atoms with Crippen LogP contribution in [0.1, 0.15) is 55.2 Å². The molecular weight excluding hydrogens is 334 g/mol. The molecule has 0 spiro atoms. The molecule has 1 aromatic heterocycles. The van der Waals surface area contributed by atoms with E-state index in [0.29, 0.717) is 23.5 Å². The molecule has 0 radical (unpaired) electrons. The van der Waals surface area contributed by atoms with Crippen LogP contribution in [0.5, 0.6) is 5.75 Å². The highest BCUT2D eigenvalue weighted by Gasteiger charge is 2.56. The number of aromatic nitrogens is 1. The summed E-state index contributed by atoms with van der Waals surface area (Å²) in [6.45, 7) is 2.30. The largest absolute Gasteiger partial charge is 0.508 e. The summed E-state index contributed by atoms with van der Waals surface area (Å²) < 4.78 is 0. The Morgan fingerprint density at radius 3 is 2.93 bits per heavy atom. The zero-order valence-corrected chi connectivity index (χ0v) is 15.8. The zero-order valence-electron chi connectivity index (χ0n) is 15.8. The molecule has 0 amide bonds. The Bertz CT molecular complexity index is 891. The van der Waals surface area contributed by atoms with Crippen LogP contribution < -0.4 is 0 Å². The van der Waals surface area contributed by atoms with Crippen molar-refractivity contribution in [3.05, 3.63) is 65.0 Å². The molecule has 2 saturated carbocycles. The number of nitrogens with zero attached hydrogens (tertiary/aromatic N) is 1. The van der Waals surface area contributed by atoms with Gasteiger partial charge >= 0.3 is 0 Å². The Balaban J connectivity index is 1.49. The molecule has 5 rings (SSSR count). The van der Waals surface area contributed by atoms with Gasteiger partial charge in [-0.15, -0.1) is 0 Å². The van der Waals surface area contributed by atoms with Crippen LogP contribution in [0.25, 0.3) is 6.08 Å². The van der Waals surface area contributed by atoms with Crippen molar-refractivity contribution in [2.24, 2.45) is 17.3 Å². The van der Waals surface area contributed by atoms with E-state index in [4.69, 9.17) is 0 Å². The van der Waals surface area contributed by atoms with Crippen molar-refractivity contribution in [2.45, 2.75) is 51.0 Å². The minimum Gasteiger partial charge on any atom is -0.508 e. The van der Waals surface area contributed by atoms with E-state index in [-0.39, 0.29) is 11.5 Å². The molecule has 1 heterocycles. The number of aliphatic hydroxyl groups is 1. The lowest BCUT2D eigenvalue weighted by Gasteiger charge is -2.49. The first kappa shape index (κ1) is 17.0. The van der Waals surface area contributed by atoms with Crippen molar-refractivity contribution in [2.75, 3.05) is 0 Å². The van der Waals surface area contributed by atoms with Crippen molar-refractivity contribution in [3.63, 3.8) is 0 Å². The number of hydrogen-bond acceptors (Lipinski definition) is 3. The summed E-state index contributed by atoms with van der Waals surface area (Å²) in [5.74, 6) is 2.09. The van der Waals surface area contributed by atoms with Crippen LogP contribution in [0.3, 0.4) is 0 Å². The Morgan fingerprint density at radius 1 is 1.22 bits per heavy atom. The number of phenols is 1. The molecule has 0 saturated heterocycles. The third-order valence-corrected chi connectivity index (χ3v) is 7.62. The van der Waals surface area contributed by atoms with E-state index in [1.54, 1.807) is 6.20 Å². The summed E-state index contributed by atoms with van der Waals surface area (Å²) in [5.41, 5.74) is 4.99. The summed E-state index contributed by atoms with van der Waals surface area (Å²) >= 11 is 0. The van der Waals surface area contributed by atoms with Crippen molar-refractivity contribution in [1.29, 1.82) is 0 Å². The minimum atomic E-state index is -0.357. The number of hydrogen-bond donors (Lipinski definition) is 2.